The largest absolute Gasteiger partial charge is 0.411 e. The zero-order chi connectivity index (χ0) is 11.4. The Kier molecular flexibility index (Phi) is 3.40. The topological polar surface area (TPSA) is 32.6 Å². The standard InChI is InChI=1S/C14H17NO/c1-11-6-5-9-13(14(11)15-16)10-12-7-3-2-4-8-12/h2-4,7-8,10-11,16H,5-6,9H2,1H3/b13-10+,15-14-/t11-/m0/s1. The molecule has 16 heavy (non-hydrogen) atoms. The monoisotopic (exact) mass is 215 g/mol. The Bertz CT molecular complexity index is 406. The van der Waals surface area contributed by atoms with Gasteiger partial charge in [0.1, 0.15) is 0 Å². The predicted molar refractivity (Wildman–Crippen MR) is 66.7 cm³/mol. The molecule has 84 valence electrons. The molecular weight excluding hydrogens is 198 g/mol. The third kappa shape index (κ3) is 2.32. The molecule has 0 radical (unpaired) electrons. The van der Waals surface area contributed by atoms with Gasteiger partial charge >= 0.3 is 0 Å². The lowest BCUT2D eigenvalue weighted by Crippen LogP contribution is -2.19. The van der Waals surface area contributed by atoms with Gasteiger partial charge in [-0.3, -0.25) is 0 Å². The van der Waals surface area contributed by atoms with Crippen molar-refractivity contribution < 1.29 is 5.21 Å². The molecular formula is C14H17NO. The Morgan fingerprint density at radius 1 is 1.31 bits per heavy atom. The van der Waals surface area contributed by atoms with E-state index in [1.807, 2.05) is 18.2 Å². The van der Waals surface area contributed by atoms with Gasteiger partial charge in [-0.25, -0.2) is 0 Å². The van der Waals surface area contributed by atoms with Gasteiger partial charge in [0.25, 0.3) is 0 Å². The molecule has 0 heterocycles. The highest BCUT2D eigenvalue weighted by Crippen LogP contribution is 2.27. The van der Waals surface area contributed by atoms with E-state index >= 15 is 0 Å². The molecule has 1 aromatic rings. The Morgan fingerprint density at radius 2 is 2.06 bits per heavy atom. The molecule has 2 nitrogen and oxygen atoms in total. The Morgan fingerprint density at radius 3 is 2.75 bits per heavy atom. The van der Waals surface area contributed by atoms with Crippen molar-refractivity contribution >= 4 is 11.8 Å². The molecule has 1 aliphatic carbocycles. The summed E-state index contributed by atoms with van der Waals surface area (Å²) >= 11 is 0. The van der Waals surface area contributed by atoms with Gasteiger partial charge in [-0.05, 0) is 36.5 Å². The van der Waals surface area contributed by atoms with E-state index in [9.17, 15) is 0 Å². The highest BCUT2D eigenvalue weighted by Gasteiger charge is 2.21. The fourth-order valence-corrected chi connectivity index (χ4v) is 2.24. The fraction of sp³-hybridized carbons (Fsp3) is 0.357. The lowest BCUT2D eigenvalue weighted by Gasteiger charge is -2.22. The van der Waals surface area contributed by atoms with Crippen molar-refractivity contribution in [3.63, 3.8) is 0 Å². The summed E-state index contributed by atoms with van der Waals surface area (Å²) in [4.78, 5) is 0. The Labute approximate surface area is 96.3 Å². The number of benzene rings is 1. The normalized spacial score (nSPS) is 26.2. The average Bonchev–Trinajstić information content (AvgIpc) is 2.31. The van der Waals surface area contributed by atoms with Crippen LogP contribution in [-0.4, -0.2) is 10.9 Å². The second-order valence-corrected chi connectivity index (χ2v) is 4.36. The van der Waals surface area contributed by atoms with E-state index in [-0.39, 0.29) is 0 Å². The van der Waals surface area contributed by atoms with E-state index in [2.05, 4.69) is 30.3 Å². The fourth-order valence-electron chi connectivity index (χ4n) is 2.24. The highest BCUT2D eigenvalue weighted by molar-refractivity contribution is 6.05. The molecule has 1 N–H and O–H groups in total. The molecule has 1 aliphatic rings. The van der Waals surface area contributed by atoms with Crippen molar-refractivity contribution in [3.8, 4) is 0 Å². The van der Waals surface area contributed by atoms with E-state index in [4.69, 9.17) is 5.21 Å². The minimum Gasteiger partial charge on any atom is -0.411 e. The molecule has 0 aromatic heterocycles. The van der Waals surface area contributed by atoms with Crippen molar-refractivity contribution in [1.82, 2.24) is 0 Å². The molecule has 1 fully saturated rings. The lowest BCUT2D eigenvalue weighted by molar-refractivity contribution is 0.313. The molecule has 0 spiro atoms. The van der Waals surface area contributed by atoms with Gasteiger partial charge in [0.15, 0.2) is 0 Å². The number of nitrogens with zero attached hydrogens (tertiary/aromatic N) is 1. The minimum absolute atomic E-state index is 0.369. The summed E-state index contributed by atoms with van der Waals surface area (Å²) in [5, 5.41) is 12.5. The Balaban J connectivity index is 2.29. The van der Waals surface area contributed by atoms with Crippen molar-refractivity contribution in [1.29, 1.82) is 0 Å². The van der Waals surface area contributed by atoms with Crippen LogP contribution in [0.5, 0.6) is 0 Å². The summed E-state index contributed by atoms with van der Waals surface area (Å²) in [6.45, 7) is 2.12. The number of hydrogen-bond acceptors (Lipinski definition) is 2. The molecule has 1 atom stereocenters. The molecule has 0 aliphatic heterocycles. The summed E-state index contributed by atoms with van der Waals surface area (Å²) < 4.78 is 0. The third-order valence-corrected chi connectivity index (χ3v) is 3.13. The van der Waals surface area contributed by atoms with Crippen molar-refractivity contribution in [3.05, 3.63) is 41.5 Å². The van der Waals surface area contributed by atoms with Gasteiger partial charge in [-0.15, -0.1) is 0 Å². The van der Waals surface area contributed by atoms with Crippen LogP contribution >= 0.6 is 0 Å². The quantitative estimate of drug-likeness (QED) is 0.562. The predicted octanol–water partition coefficient (Wildman–Crippen LogP) is 3.72. The van der Waals surface area contributed by atoms with Gasteiger partial charge < -0.3 is 5.21 Å². The summed E-state index contributed by atoms with van der Waals surface area (Å²) in [5.74, 6) is 0.369. The maximum absolute atomic E-state index is 9.06. The summed E-state index contributed by atoms with van der Waals surface area (Å²) in [6.07, 6.45) is 5.44. The maximum atomic E-state index is 9.06. The first-order valence-corrected chi connectivity index (χ1v) is 5.79. The molecule has 0 amide bonds. The van der Waals surface area contributed by atoms with E-state index in [1.165, 1.54) is 17.6 Å². The van der Waals surface area contributed by atoms with E-state index < -0.39 is 0 Å². The average molecular weight is 215 g/mol. The molecule has 0 bridgehead atoms. The zero-order valence-electron chi connectivity index (χ0n) is 9.56. The van der Waals surface area contributed by atoms with Crippen LogP contribution in [0.1, 0.15) is 31.7 Å². The van der Waals surface area contributed by atoms with E-state index in [0.717, 1.165) is 18.6 Å². The maximum Gasteiger partial charge on any atom is 0.0855 e. The second-order valence-electron chi connectivity index (χ2n) is 4.36. The molecule has 1 saturated carbocycles. The first-order chi connectivity index (χ1) is 7.81. The van der Waals surface area contributed by atoms with Crippen LogP contribution in [0.2, 0.25) is 0 Å². The molecule has 2 rings (SSSR count). The lowest BCUT2D eigenvalue weighted by atomic mass is 9.84. The number of rotatable bonds is 1. The Hall–Kier alpha value is -1.57. The first kappa shape index (κ1) is 10.9. The van der Waals surface area contributed by atoms with Crippen LogP contribution in [0.15, 0.2) is 41.1 Å². The van der Waals surface area contributed by atoms with Crippen LogP contribution in [0.4, 0.5) is 0 Å². The van der Waals surface area contributed by atoms with Gasteiger partial charge in [-0.2, -0.15) is 0 Å². The van der Waals surface area contributed by atoms with Crippen molar-refractivity contribution in [2.75, 3.05) is 0 Å². The number of oxime groups is 1. The zero-order valence-corrected chi connectivity index (χ0v) is 9.56. The minimum atomic E-state index is 0.369. The molecule has 2 heteroatoms. The number of hydrogen-bond donors (Lipinski definition) is 1. The van der Waals surface area contributed by atoms with Gasteiger partial charge in [0.2, 0.25) is 0 Å². The second kappa shape index (κ2) is 4.97. The summed E-state index contributed by atoms with van der Waals surface area (Å²) in [6, 6.07) is 10.2. The van der Waals surface area contributed by atoms with Gasteiger partial charge in [-0.1, -0.05) is 42.4 Å². The van der Waals surface area contributed by atoms with Crippen molar-refractivity contribution in [2.24, 2.45) is 11.1 Å². The van der Waals surface area contributed by atoms with E-state index in [1.54, 1.807) is 0 Å². The van der Waals surface area contributed by atoms with Crippen molar-refractivity contribution in [2.45, 2.75) is 26.2 Å². The smallest absolute Gasteiger partial charge is 0.0855 e. The molecule has 0 saturated heterocycles. The van der Waals surface area contributed by atoms with Gasteiger partial charge in [0, 0.05) is 5.92 Å². The summed E-state index contributed by atoms with van der Waals surface area (Å²) in [5.41, 5.74) is 3.20. The van der Waals surface area contributed by atoms with E-state index in [0.29, 0.717) is 5.92 Å². The first-order valence-electron chi connectivity index (χ1n) is 5.79. The molecule has 1 aromatic carbocycles. The van der Waals surface area contributed by atoms with Crippen LogP contribution in [0.25, 0.3) is 6.08 Å². The van der Waals surface area contributed by atoms with Crippen LogP contribution < -0.4 is 0 Å². The van der Waals surface area contributed by atoms with Gasteiger partial charge in [0.05, 0.1) is 5.71 Å². The summed E-state index contributed by atoms with van der Waals surface area (Å²) in [7, 11) is 0. The van der Waals surface area contributed by atoms with Crippen LogP contribution in [0, 0.1) is 5.92 Å². The number of allylic oxidation sites excluding steroid dienone is 1. The SMILES string of the molecule is C[C@H]1CCCC(=C\c2ccccc2)/C1=N\O. The molecule has 0 unspecified atom stereocenters. The van der Waals surface area contributed by atoms with Crippen LogP contribution in [0.3, 0.4) is 0 Å². The highest BCUT2D eigenvalue weighted by atomic mass is 16.4. The van der Waals surface area contributed by atoms with Crippen LogP contribution in [-0.2, 0) is 0 Å². The third-order valence-electron chi connectivity index (χ3n) is 3.13.